The van der Waals surface area contributed by atoms with Crippen molar-refractivity contribution in [1.29, 1.82) is 0 Å². The number of aromatic amines is 1. The van der Waals surface area contributed by atoms with Crippen LogP contribution in [0.3, 0.4) is 0 Å². The van der Waals surface area contributed by atoms with Gasteiger partial charge >= 0.3 is 0 Å². The fourth-order valence-electron chi connectivity index (χ4n) is 1.63. The van der Waals surface area contributed by atoms with E-state index in [2.05, 4.69) is 42.8 Å². The summed E-state index contributed by atoms with van der Waals surface area (Å²) in [6, 6.07) is 9.71. The van der Waals surface area contributed by atoms with Gasteiger partial charge in [0.1, 0.15) is 9.52 Å². The number of halogens is 1. The van der Waals surface area contributed by atoms with E-state index >= 15 is 0 Å². The summed E-state index contributed by atoms with van der Waals surface area (Å²) in [5, 5.41) is 7.73. The van der Waals surface area contributed by atoms with Crippen molar-refractivity contribution in [3.8, 4) is 11.4 Å². The second-order valence-electron chi connectivity index (χ2n) is 3.53. The molecule has 0 radical (unpaired) electrons. The highest BCUT2D eigenvalue weighted by Gasteiger charge is 2.12. The van der Waals surface area contributed by atoms with Gasteiger partial charge in [-0.05, 0) is 22.6 Å². The van der Waals surface area contributed by atoms with E-state index in [9.17, 15) is 0 Å². The van der Waals surface area contributed by atoms with Crippen LogP contribution >= 0.6 is 22.6 Å². The van der Waals surface area contributed by atoms with Gasteiger partial charge in [-0.2, -0.15) is 5.10 Å². The molecular weight excluding hydrogens is 329 g/mol. The largest absolute Gasteiger partial charge is 0.383 e. The molecule has 0 unspecified atom stereocenters. The molecule has 0 aliphatic heterocycles. The lowest BCUT2D eigenvalue weighted by molar-refractivity contribution is 1.07. The van der Waals surface area contributed by atoms with E-state index in [4.69, 9.17) is 5.73 Å². The van der Waals surface area contributed by atoms with Crippen molar-refractivity contribution in [2.24, 2.45) is 0 Å². The summed E-state index contributed by atoms with van der Waals surface area (Å²) in [5.74, 6) is 1.05. The number of H-pyrrole nitrogens is 1. The zero-order chi connectivity index (χ0) is 11.8. The molecule has 6 heteroatoms. The zero-order valence-corrected chi connectivity index (χ0v) is 10.8. The molecule has 0 bridgehead atoms. The first kappa shape index (κ1) is 10.5. The van der Waals surface area contributed by atoms with Gasteiger partial charge in [0, 0.05) is 5.56 Å². The number of hydrogen-bond donors (Lipinski definition) is 2. The molecule has 3 rings (SSSR count). The molecule has 0 saturated carbocycles. The highest BCUT2D eigenvalue weighted by Crippen LogP contribution is 2.24. The lowest BCUT2D eigenvalue weighted by atomic mass is 10.2. The average molecular weight is 337 g/mol. The van der Waals surface area contributed by atoms with Crippen LogP contribution in [-0.2, 0) is 0 Å². The maximum absolute atomic E-state index is 5.92. The number of hydrogen-bond acceptors (Lipinski definition) is 4. The maximum atomic E-state index is 5.92. The molecule has 84 valence electrons. The number of nitrogens with one attached hydrogen (secondary N) is 1. The van der Waals surface area contributed by atoms with Crippen molar-refractivity contribution in [2.45, 2.75) is 0 Å². The van der Waals surface area contributed by atoms with Crippen molar-refractivity contribution in [3.63, 3.8) is 0 Å². The first-order valence-electron chi connectivity index (χ1n) is 4.98. The third-order valence-corrected chi connectivity index (χ3v) is 3.21. The van der Waals surface area contributed by atoms with Crippen molar-refractivity contribution in [2.75, 3.05) is 5.73 Å². The minimum absolute atomic E-state index is 0.451. The lowest BCUT2D eigenvalue weighted by Crippen LogP contribution is -1.97. The van der Waals surface area contributed by atoms with Crippen molar-refractivity contribution in [3.05, 3.63) is 34.0 Å². The molecule has 3 N–H and O–H groups in total. The Hall–Kier alpha value is -1.70. The third-order valence-electron chi connectivity index (χ3n) is 2.43. The smallest absolute Gasteiger partial charge is 0.187 e. The van der Waals surface area contributed by atoms with Crippen LogP contribution in [0.25, 0.3) is 22.4 Å². The van der Waals surface area contributed by atoms with Gasteiger partial charge in [-0.25, -0.2) is 9.97 Å². The van der Waals surface area contributed by atoms with E-state index in [0.29, 0.717) is 17.3 Å². The topological polar surface area (TPSA) is 80.5 Å². The van der Waals surface area contributed by atoms with Gasteiger partial charge in [0.25, 0.3) is 0 Å². The maximum Gasteiger partial charge on any atom is 0.187 e. The van der Waals surface area contributed by atoms with E-state index < -0.39 is 0 Å². The summed E-state index contributed by atoms with van der Waals surface area (Å²) in [5.41, 5.74) is 7.45. The average Bonchev–Trinajstić information content (AvgIpc) is 2.73. The van der Waals surface area contributed by atoms with E-state index in [-0.39, 0.29) is 0 Å². The normalized spacial score (nSPS) is 10.9. The summed E-state index contributed by atoms with van der Waals surface area (Å²) in [4.78, 5) is 8.70. The van der Waals surface area contributed by atoms with Gasteiger partial charge < -0.3 is 5.73 Å². The minimum atomic E-state index is 0.451. The molecule has 3 aromatic rings. The summed E-state index contributed by atoms with van der Waals surface area (Å²) in [6.07, 6.45) is 0. The van der Waals surface area contributed by atoms with Crippen LogP contribution < -0.4 is 5.73 Å². The standard InChI is InChI=1S/C11H8IN5/c12-8-7-9(13)14-10(15-11(7)17-16-8)6-4-2-1-3-5-6/h1-5H,(H3,13,14,15,16,17). The molecule has 5 nitrogen and oxygen atoms in total. The molecule has 0 saturated heterocycles. The molecule has 2 heterocycles. The van der Waals surface area contributed by atoms with Crippen molar-refractivity contribution in [1.82, 2.24) is 20.2 Å². The Balaban J connectivity index is 2.26. The Morgan fingerprint density at radius 2 is 1.88 bits per heavy atom. The van der Waals surface area contributed by atoms with E-state index in [1.807, 2.05) is 30.3 Å². The Kier molecular flexibility index (Phi) is 2.43. The van der Waals surface area contributed by atoms with Crippen LogP contribution in [0.15, 0.2) is 30.3 Å². The number of fused-ring (bicyclic) bond motifs is 1. The fraction of sp³-hybridized carbons (Fsp3) is 0. The Labute approximate surface area is 111 Å². The Morgan fingerprint density at radius 1 is 1.12 bits per heavy atom. The number of nitrogen functional groups attached to an aromatic ring is 1. The van der Waals surface area contributed by atoms with Gasteiger partial charge in [0.05, 0.1) is 5.39 Å². The predicted molar refractivity (Wildman–Crippen MR) is 74.2 cm³/mol. The minimum Gasteiger partial charge on any atom is -0.383 e. The number of rotatable bonds is 1. The number of benzene rings is 1. The highest BCUT2D eigenvalue weighted by molar-refractivity contribution is 14.1. The number of anilines is 1. The molecule has 1 aromatic carbocycles. The molecule has 0 aliphatic carbocycles. The van der Waals surface area contributed by atoms with Gasteiger partial charge in [-0.1, -0.05) is 30.3 Å². The summed E-state index contributed by atoms with van der Waals surface area (Å²) in [6.45, 7) is 0. The van der Waals surface area contributed by atoms with Crippen LogP contribution in [0.1, 0.15) is 0 Å². The summed E-state index contributed by atoms with van der Waals surface area (Å²) >= 11 is 2.13. The molecule has 0 aliphatic rings. The number of nitrogens with two attached hydrogens (primary N) is 1. The molecule has 0 amide bonds. The first-order chi connectivity index (χ1) is 8.25. The van der Waals surface area contributed by atoms with Crippen LogP contribution in [0.5, 0.6) is 0 Å². The quantitative estimate of drug-likeness (QED) is 0.667. The Bertz CT molecular complexity index is 677. The molecule has 17 heavy (non-hydrogen) atoms. The molecule has 0 spiro atoms. The second-order valence-corrected chi connectivity index (χ2v) is 4.61. The van der Waals surface area contributed by atoms with Gasteiger partial charge in [-0.3, -0.25) is 5.10 Å². The summed E-state index contributed by atoms with van der Waals surface area (Å²) < 4.78 is 0.856. The lowest BCUT2D eigenvalue weighted by Gasteiger charge is -2.01. The van der Waals surface area contributed by atoms with E-state index in [0.717, 1.165) is 14.7 Å². The monoisotopic (exact) mass is 337 g/mol. The molecule has 2 aromatic heterocycles. The van der Waals surface area contributed by atoms with Gasteiger partial charge in [-0.15, -0.1) is 0 Å². The zero-order valence-electron chi connectivity index (χ0n) is 8.68. The van der Waals surface area contributed by atoms with Crippen molar-refractivity contribution < 1.29 is 0 Å². The van der Waals surface area contributed by atoms with Crippen LogP contribution in [-0.4, -0.2) is 20.2 Å². The van der Waals surface area contributed by atoms with Crippen molar-refractivity contribution >= 4 is 39.4 Å². The fourth-order valence-corrected chi connectivity index (χ4v) is 2.27. The van der Waals surface area contributed by atoms with E-state index in [1.165, 1.54) is 0 Å². The SMILES string of the molecule is Nc1nc(-c2ccccc2)nc2n[nH]c(I)c12. The van der Waals surface area contributed by atoms with Gasteiger partial charge in [0.15, 0.2) is 11.5 Å². The van der Waals surface area contributed by atoms with Crippen LogP contribution in [0.2, 0.25) is 0 Å². The van der Waals surface area contributed by atoms with E-state index in [1.54, 1.807) is 0 Å². The first-order valence-corrected chi connectivity index (χ1v) is 6.06. The molecule has 0 fully saturated rings. The molecule has 0 atom stereocenters. The van der Waals surface area contributed by atoms with Crippen LogP contribution in [0.4, 0.5) is 5.82 Å². The third kappa shape index (κ3) is 1.74. The second kappa shape index (κ2) is 3.95. The number of aromatic nitrogens is 4. The predicted octanol–water partition coefficient (Wildman–Crippen LogP) is 2.21. The summed E-state index contributed by atoms with van der Waals surface area (Å²) in [7, 11) is 0. The highest BCUT2D eigenvalue weighted by atomic mass is 127. The molecular formula is C11H8IN5. The Morgan fingerprint density at radius 3 is 2.65 bits per heavy atom. The van der Waals surface area contributed by atoms with Gasteiger partial charge in [0.2, 0.25) is 0 Å². The number of nitrogens with zero attached hydrogens (tertiary/aromatic N) is 3. The van der Waals surface area contributed by atoms with Crippen LogP contribution in [0, 0.1) is 3.70 Å².